The molecule has 11 heavy (non-hydrogen) atoms. The zero-order valence-corrected chi connectivity index (χ0v) is 5.24. The van der Waals surface area contributed by atoms with Gasteiger partial charge in [-0.15, -0.1) is 0 Å². The molecule has 0 aromatic carbocycles. The highest BCUT2D eigenvalue weighted by Gasteiger charge is 2.39. The molecule has 1 aliphatic heterocycles. The maximum atomic E-state index is 12.4. The molecule has 6 heteroatoms. The first-order valence-electron chi connectivity index (χ1n) is 2.66. The summed E-state index contributed by atoms with van der Waals surface area (Å²) in [5.41, 5.74) is 0. The van der Waals surface area contributed by atoms with Gasteiger partial charge in [0.1, 0.15) is 0 Å². The first-order chi connectivity index (χ1) is 5.04. The summed E-state index contributed by atoms with van der Waals surface area (Å²) in [7, 11) is 0. The lowest BCUT2D eigenvalue weighted by molar-refractivity contribution is -0.0983. The predicted octanol–water partition coefficient (Wildman–Crippen LogP) is 1.11. The van der Waals surface area contributed by atoms with Crippen LogP contribution in [0.2, 0.25) is 0 Å². The molecule has 0 atom stereocenters. The number of carboxylic acid groups (broad SMARTS) is 1. The van der Waals surface area contributed by atoms with Crippen LogP contribution in [0.5, 0.6) is 0 Å². The number of hydrogen-bond acceptors (Lipinski definition) is 2. The van der Waals surface area contributed by atoms with Gasteiger partial charge in [-0.2, -0.15) is 8.78 Å². The fraction of sp³-hybridized carbons (Fsp3) is 0.200. The van der Waals surface area contributed by atoms with Crippen LogP contribution in [0.1, 0.15) is 0 Å². The number of allylic oxidation sites excluding steroid dienone is 1. The van der Waals surface area contributed by atoms with Gasteiger partial charge < -0.3 is 5.11 Å². The molecule has 0 radical (unpaired) electrons. The highest BCUT2D eigenvalue weighted by molar-refractivity contribution is 5.76. The molecule has 0 saturated heterocycles. The van der Waals surface area contributed by atoms with Crippen molar-refractivity contribution in [3.8, 4) is 0 Å². The van der Waals surface area contributed by atoms with Gasteiger partial charge in [-0.3, -0.25) is 0 Å². The molecule has 0 unspecified atom stereocenters. The molecule has 0 spiro atoms. The Balaban J connectivity index is 2.89. The number of rotatable bonds is 0. The minimum Gasteiger partial charge on any atom is -0.464 e. The van der Waals surface area contributed by atoms with E-state index in [1.807, 2.05) is 0 Å². The van der Waals surface area contributed by atoms with Crippen LogP contribution in [0.25, 0.3) is 0 Å². The molecule has 1 aliphatic rings. The van der Waals surface area contributed by atoms with Crippen molar-refractivity contribution in [2.45, 2.75) is 6.17 Å². The lowest BCUT2D eigenvalue weighted by Crippen LogP contribution is -2.41. The molecule has 0 aromatic rings. The van der Waals surface area contributed by atoms with E-state index in [-0.39, 0.29) is 4.90 Å². The molecule has 1 amide bonds. The second-order valence-corrected chi connectivity index (χ2v) is 1.78. The minimum absolute atomic E-state index is 0.174. The van der Waals surface area contributed by atoms with E-state index in [0.29, 0.717) is 0 Å². The predicted molar refractivity (Wildman–Crippen MR) is 32.4 cm³/mol. The Morgan fingerprint density at radius 3 is 2.64 bits per heavy atom. The van der Waals surface area contributed by atoms with Crippen LogP contribution >= 0.6 is 0 Å². The number of alkyl halides is 2. The molecular formula is C5H4F2N2O2. The molecule has 0 fully saturated rings. The maximum absolute atomic E-state index is 12.4. The Morgan fingerprint density at radius 1 is 1.64 bits per heavy atom. The largest absolute Gasteiger partial charge is 0.464 e. The Kier molecular flexibility index (Phi) is 1.60. The fourth-order valence-corrected chi connectivity index (χ4v) is 0.588. The van der Waals surface area contributed by atoms with E-state index >= 15 is 0 Å². The zero-order chi connectivity index (χ0) is 8.48. The molecule has 1 rings (SSSR count). The quantitative estimate of drug-likeness (QED) is 0.542. The van der Waals surface area contributed by atoms with Crippen LogP contribution < -0.4 is 0 Å². The highest BCUT2D eigenvalue weighted by atomic mass is 19.3. The third-order valence-electron chi connectivity index (χ3n) is 1.05. The van der Waals surface area contributed by atoms with Gasteiger partial charge in [-0.05, 0) is 6.08 Å². The second-order valence-electron chi connectivity index (χ2n) is 1.78. The standard InChI is InChI=1S/C5H4F2N2O2/c6-5(7)8-2-1-3-9(5)4(10)11/h1-3H,(H,10,11). The molecule has 0 aliphatic carbocycles. The zero-order valence-electron chi connectivity index (χ0n) is 5.24. The van der Waals surface area contributed by atoms with Crippen LogP contribution in [-0.4, -0.2) is 28.5 Å². The molecule has 0 saturated carbocycles. The first-order valence-corrected chi connectivity index (χ1v) is 2.66. The van der Waals surface area contributed by atoms with Crippen molar-refractivity contribution >= 4 is 12.3 Å². The Hall–Kier alpha value is -1.46. The van der Waals surface area contributed by atoms with Crippen molar-refractivity contribution in [2.24, 2.45) is 4.99 Å². The van der Waals surface area contributed by atoms with Crippen molar-refractivity contribution in [1.29, 1.82) is 0 Å². The lowest BCUT2D eigenvalue weighted by Gasteiger charge is -2.22. The number of hydrogen-bond donors (Lipinski definition) is 1. The summed E-state index contributed by atoms with van der Waals surface area (Å²) in [4.78, 5) is 12.6. The number of aliphatic imine (C=N–C) groups is 1. The van der Waals surface area contributed by atoms with Gasteiger partial charge in [0.05, 0.1) is 0 Å². The summed E-state index contributed by atoms with van der Waals surface area (Å²) in [5, 5.41) is 8.19. The molecule has 0 bridgehead atoms. The summed E-state index contributed by atoms with van der Waals surface area (Å²) in [6.07, 6.45) is -2.69. The summed E-state index contributed by atoms with van der Waals surface area (Å²) < 4.78 is 24.8. The van der Waals surface area contributed by atoms with Crippen molar-refractivity contribution in [1.82, 2.24) is 4.90 Å². The third-order valence-corrected chi connectivity index (χ3v) is 1.05. The lowest BCUT2D eigenvalue weighted by atomic mass is 10.5. The van der Waals surface area contributed by atoms with Crippen LogP contribution in [0.15, 0.2) is 17.3 Å². The highest BCUT2D eigenvalue weighted by Crippen LogP contribution is 2.23. The van der Waals surface area contributed by atoms with Crippen molar-refractivity contribution in [3.05, 3.63) is 12.3 Å². The first kappa shape index (κ1) is 7.64. The van der Waals surface area contributed by atoms with Gasteiger partial charge in [-0.1, -0.05) is 0 Å². The molecule has 4 nitrogen and oxygen atoms in total. The topological polar surface area (TPSA) is 52.9 Å². The van der Waals surface area contributed by atoms with E-state index in [2.05, 4.69) is 4.99 Å². The third kappa shape index (κ3) is 1.34. The van der Waals surface area contributed by atoms with Crippen LogP contribution in [0.3, 0.4) is 0 Å². The van der Waals surface area contributed by atoms with E-state index in [9.17, 15) is 13.6 Å². The number of carbonyl (C=O) groups is 1. The molecular weight excluding hydrogens is 158 g/mol. The average molecular weight is 162 g/mol. The van der Waals surface area contributed by atoms with E-state index < -0.39 is 12.3 Å². The number of amides is 1. The van der Waals surface area contributed by atoms with Crippen LogP contribution in [-0.2, 0) is 0 Å². The molecule has 60 valence electrons. The average Bonchev–Trinajstić information content (AvgIpc) is 1.85. The summed E-state index contributed by atoms with van der Waals surface area (Å²) in [6.45, 7) is 0. The van der Waals surface area contributed by atoms with Gasteiger partial charge in [-0.25, -0.2) is 14.7 Å². The monoisotopic (exact) mass is 162 g/mol. The Morgan fingerprint density at radius 2 is 2.27 bits per heavy atom. The molecule has 1 heterocycles. The van der Waals surface area contributed by atoms with E-state index in [0.717, 1.165) is 18.5 Å². The van der Waals surface area contributed by atoms with Crippen molar-refractivity contribution < 1.29 is 18.7 Å². The molecule has 0 aromatic heterocycles. The summed E-state index contributed by atoms with van der Waals surface area (Å²) >= 11 is 0. The fourth-order valence-electron chi connectivity index (χ4n) is 0.588. The van der Waals surface area contributed by atoms with Gasteiger partial charge in [0, 0.05) is 12.4 Å². The Labute approximate surface area is 60.4 Å². The Bertz CT molecular complexity index is 237. The van der Waals surface area contributed by atoms with E-state index in [4.69, 9.17) is 5.11 Å². The smallest absolute Gasteiger partial charge is 0.440 e. The van der Waals surface area contributed by atoms with Gasteiger partial charge in [0.15, 0.2) is 0 Å². The summed E-state index contributed by atoms with van der Waals surface area (Å²) in [6, 6.07) is 0. The van der Waals surface area contributed by atoms with E-state index in [1.165, 1.54) is 0 Å². The second kappa shape index (κ2) is 2.30. The van der Waals surface area contributed by atoms with Crippen LogP contribution in [0.4, 0.5) is 13.6 Å². The SMILES string of the molecule is O=C(O)N1C=CC=NC1(F)F. The van der Waals surface area contributed by atoms with Crippen LogP contribution in [0, 0.1) is 0 Å². The van der Waals surface area contributed by atoms with E-state index in [1.54, 1.807) is 0 Å². The summed E-state index contributed by atoms with van der Waals surface area (Å²) in [5.74, 6) is 0. The molecule has 1 N–H and O–H groups in total. The normalized spacial score (nSPS) is 20.4. The van der Waals surface area contributed by atoms with Gasteiger partial charge in [0.25, 0.3) is 0 Å². The van der Waals surface area contributed by atoms with Crippen molar-refractivity contribution in [3.63, 3.8) is 0 Å². The number of nitrogens with zero attached hydrogens (tertiary/aromatic N) is 2. The minimum atomic E-state index is -3.67. The maximum Gasteiger partial charge on any atom is 0.440 e. The van der Waals surface area contributed by atoms with Crippen molar-refractivity contribution in [2.75, 3.05) is 0 Å². The van der Waals surface area contributed by atoms with Gasteiger partial charge >= 0.3 is 12.3 Å². The van der Waals surface area contributed by atoms with Gasteiger partial charge in [0.2, 0.25) is 0 Å². The number of halogens is 2.